The number of imidazole rings is 1. The number of hydrogen-bond donors (Lipinski definition) is 1. The molecule has 3 aliphatic rings. The molecule has 1 unspecified atom stereocenters. The predicted molar refractivity (Wildman–Crippen MR) is 192 cm³/mol. The standard InChI is InChI=1S/C35H41Br2N7O4/c1-40-16-18-41(19-17-40)24-8-12-42(13-9-24)33(45)31(21-23-6-7-27(36)28(37)20-23)48-35(47)43-14-10-25(11-15-43)44-30-22-38-29-5-3-2-4-26(29)32(30)39-34(44)46/h2-7,20,22,24-25,31H,8-19,21H2,1H3,(H,39,46). The number of pyridine rings is 1. The number of piperazine rings is 1. The maximum Gasteiger partial charge on any atom is 0.410 e. The average Bonchev–Trinajstić information content (AvgIpc) is 3.46. The van der Waals surface area contributed by atoms with Gasteiger partial charge in [0.1, 0.15) is 0 Å². The van der Waals surface area contributed by atoms with Crippen LogP contribution in [0, 0.1) is 0 Å². The number of ether oxygens (including phenoxy) is 1. The quantitative estimate of drug-likeness (QED) is 0.293. The summed E-state index contributed by atoms with van der Waals surface area (Å²) in [5, 5.41) is 0.906. The van der Waals surface area contributed by atoms with Crippen molar-refractivity contribution in [1.29, 1.82) is 0 Å². The molecule has 0 bridgehead atoms. The predicted octanol–water partition coefficient (Wildman–Crippen LogP) is 5.03. The minimum atomic E-state index is -0.931. The van der Waals surface area contributed by atoms with Crippen molar-refractivity contribution in [1.82, 2.24) is 34.1 Å². The number of amides is 2. The molecular formula is C35H41Br2N7O4. The van der Waals surface area contributed by atoms with Crippen LogP contribution < -0.4 is 5.69 Å². The minimum Gasteiger partial charge on any atom is -0.436 e. The first-order valence-electron chi connectivity index (χ1n) is 16.8. The number of likely N-dealkylation sites (tertiary alicyclic amines) is 2. The van der Waals surface area contributed by atoms with Crippen molar-refractivity contribution in [2.75, 3.05) is 59.4 Å². The number of H-pyrrole nitrogens is 1. The summed E-state index contributed by atoms with van der Waals surface area (Å²) in [6, 6.07) is 14.0. The van der Waals surface area contributed by atoms with E-state index in [2.05, 4.69) is 58.7 Å². The molecule has 3 aliphatic heterocycles. The Balaban J connectivity index is 1.02. The molecule has 2 amide bonds. The molecule has 5 heterocycles. The summed E-state index contributed by atoms with van der Waals surface area (Å²) in [7, 11) is 2.16. The highest BCUT2D eigenvalue weighted by Gasteiger charge is 2.35. The first-order valence-corrected chi connectivity index (χ1v) is 18.4. The topological polar surface area (TPSA) is 107 Å². The molecule has 7 rings (SSSR count). The number of fused-ring (bicyclic) bond motifs is 3. The Labute approximate surface area is 296 Å². The molecule has 11 nitrogen and oxygen atoms in total. The van der Waals surface area contributed by atoms with Gasteiger partial charge in [-0.05, 0) is 88.4 Å². The van der Waals surface area contributed by atoms with Crippen LogP contribution in [-0.4, -0.2) is 118 Å². The maximum atomic E-state index is 14.0. The number of aromatic nitrogens is 3. The van der Waals surface area contributed by atoms with Gasteiger partial charge >= 0.3 is 11.8 Å². The van der Waals surface area contributed by atoms with Crippen LogP contribution in [-0.2, 0) is 16.0 Å². The molecule has 3 saturated heterocycles. The van der Waals surface area contributed by atoms with Crippen molar-refractivity contribution in [3.05, 3.63) is 73.7 Å². The highest BCUT2D eigenvalue weighted by Crippen LogP contribution is 2.29. The smallest absolute Gasteiger partial charge is 0.410 e. The summed E-state index contributed by atoms with van der Waals surface area (Å²) in [4.78, 5) is 56.8. The number of nitrogens with zero attached hydrogens (tertiary/aromatic N) is 6. The van der Waals surface area contributed by atoms with E-state index in [9.17, 15) is 14.4 Å². The van der Waals surface area contributed by atoms with E-state index in [1.54, 1.807) is 15.7 Å². The Morgan fingerprint density at radius 3 is 2.31 bits per heavy atom. The van der Waals surface area contributed by atoms with Gasteiger partial charge in [0, 0.05) is 85.2 Å². The second-order valence-corrected chi connectivity index (χ2v) is 15.0. The first kappa shape index (κ1) is 33.2. The number of piperidine rings is 2. The van der Waals surface area contributed by atoms with Gasteiger partial charge in [-0.15, -0.1) is 0 Å². The number of para-hydroxylation sites is 1. The number of benzene rings is 2. The summed E-state index contributed by atoms with van der Waals surface area (Å²) in [6.07, 6.45) is 3.64. The molecule has 1 N–H and O–H groups in total. The zero-order chi connectivity index (χ0) is 33.4. The SMILES string of the molecule is CN1CCN(C2CCN(C(=O)C(Cc3ccc(Br)c(Br)c3)OC(=O)N3CCC(n4c(=O)[nH]c5c6ccccc6ncc54)CC3)CC2)CC1. The van der Waals surface area contributed by atoms with Crippen LogP contribution in [0.15, 0.2) is 62.4 Å². The van der Waals surface area contributed by atoms with Crippen molar-refractivity contribution in [2.45, 2.75) is 50.3 Å². The van der Waals surface area contributed by atoms with E-state index in [4.69, 9.17) is 4.74 Å². The molecular weight excluding hydrogens is 742 g/mol. The van der Waals surface area contributed by atoms with Gasteiger partial charge in [-0.2, -0.15) is 0 Å². The van der Waals surface area contributed by atoms with E-state index in [1.807, 2.05) is 47.4 Å². The first-order chi connectivity index (χ1) is 23.2. The van der Waals surface area contributed by atoms with E-state index in [1.165, 1.54) is 0 Å². The number of rotatable bonds is 6. The third-order valence-corrected chi connectivity index (χ3v) is 12.2. The van der Waals surface area contributed by atoms with Crippen LogP contribution in [0.1, 0.15) is 37.3 Å². The number of aromatic amines is 1. The Hall–Kier alpha value is -3.26. The van der Waals surface area contributed by atoms with E-state index >= 15 is 0 Å². The van der Waals surface area contributed by atoms with Gasteiger partial charge in [0.15, 0.2) is 6.10 Å². The number of halogens is 2. The largest absolute Gasteiger partial charge is 0.436 e. The normalized spacial score (nSPS) is 19.6. The van der Waals surface area contributed by atoms with Crippen molar-refractivity contribution < 1.29 is 14.3 Å². The van der Waals surface area contributed by atoms with E-state index in [0.29, 0.717) is 45.1 Å². The summed E-state index contributed by atoms with van der Waals surface area (Å²) in [6.45, 7) is 6.43. The molecule has 0 spiro atoms. The lowest BCUT2D eigenvalue weighted by molar-refractivity contribution is -0.142. The third-order valence-electron chi connectivity index (χ3n) is 10.3. The summed E-state index contributed by atoms with van der Waals surface area (Å²) >= 11 is 7.09. The highest BCUT2D eigenvalue weighted by atomic mass is 79.9. The zero-order valence-electron chi connectivity index (χ0n) is 27.1. The molecule has 3 fully saturated rings. The molecule has 4 aromatic rings. The fourth-order valence-electron chi connectivity index (χ4n) is 7.49. The van der Waals surface area contributed by atoms with Gasteiger partial charge in [0.25, 0.3) is 5.91 Å². The molecule has 254 valence electrons. The molecule has 48 heavy (non-hydrogen) atoms. The van der Waals surface area contributed by atoms with Crippen LogP contribution in [0.2, 0.25) is 0 Å². The lowest BCUT2D eigenvalue weighted by atomic mass is 10.0. The van der Waals surface area contributed by atoms with Crippen molar-refractivity contribution in [3.63, 3.8) is 0 Å². The van der Waals surface area contributed by atoms with Gasteiger partial charge in [0.05, 0.1) is 22.7 Å². The van der Waals surface area contributed by atoms with Gasteiger partial charge in [0.2, 0.25) is 0 Å². The molecule has 2 aromatic heterocycles. The van der Waals surface area contributed by atoms with Gasteiger partial charge in [-0.3, -0.25) is 19.2 Å². The van der Waals surface area contributed by atoms with Crippen LogP contribution in [0.3, 0.4) is 0 Å². The van der Waals surface area contributed by atoms with Crippen molar-refractivity contribution in [2.24, 2.45) is 0 Å². The number of likely N-dealkylation sites (N-methyl/N-ethyl adjacent to an activating group) is 1. The van der Waals surface area contributed by atoms with Crippen molar-refractivity contribution >= 4 is 65.8 Å². The number of carbonyl (C=O) groups is 2. The van der Waals surface area contributed by atoms with Crippen molar-refractivity contribution in [3.8, 4) is 0 Å². The highest BCUT2D eigenvalue weighted by molar-refractivity contribution is 9.13. The summed E-state index contributed by atoms with van der Waals surface area (Å²) in [5.74, 6) is -0.140. The maximum absolute atomic E-state index is 14.0. The Morgan fingerprint density at radius 2 is 1.58 bits per heavy atom. The Morgan fingerprint density at radius 1 is 0.896 bits per heavy atom. The van der Waals surface area contributed by atoms with Gasteiger partial charge < -0.3 is 24.4 Å². The van der Waals surface area contributed by atoms with E-state index in [-0.39, 0.29) is 24.1 Å². The molecule has 2 aromatic carbocycles. The van der Waals surface area contributed by atoms with Crippen LogP contribution in [0.25, 0.3) is 21.9 Å². The molecule has 0 aliphatic carbocycles. The summed E-state index contributed by atoms with van der Waals surface area (Å²) < 4.78 is 9.64. The lowest BCUT2D eigenvalue weighted by Crippen LogP contribution is -2.54. The number of nitrogens with one attached hydrogen (secondary N) is 1. The number of carbonyl (C=O) groups excluding carboxylic acids is 2. The fraction of sp³-hybridized carbons (Fsp3) is 0.486. The van der Waals surface area contributed by atoms with Gasteiger partial charge in [-0.25, -0.2) is 9.59 Å². The minimum absolute atomic E-state index is 0.0857. The van der Waals surface area contributed by atoms with E-state index in [0.717, 1.165) is 75.5 Å². The Bertz CT molecular complexity index is 1850. The fourth-order valence-corrected chi connectivity index (χ4v) is 8.16. The second-order valence-electron chi connectivity index (χ2n) is 13.3. The Kier molecular flexibility index (Phi) is 9.91. The number of hydrogen-bond acceptors (Lipinski definition) is 7. The molecule has 0 saturated carbocycles. The molecule has 0 radical (unpaired) electrons. The third kappa shape index (κ3) is 6.92. The zero-order valence-corrected chi connectivity index (χ0v) is 30.3. The second kappa shape index (κ2) is 14.3. The lowest BCUT2D eigenvalue weighted by Gasteiger charge is -2.42. The van der Waals surface area contributed by atoms with Crippen LogP contribution in [0.4, 0.5) is 4.79 Å². The van der Waals surface area contributed by atoms with Gasteiger partial charge in [-0.1, -0.05) is 24.3 Å². The van der Waals surface area contributed by atoms with Crippen LogP contribution in [0.5, 0.6) is 0 Å². The average molecular weight is 784 g/mol. The van der Waals surface area contributed by atoms with E-state index < -0.39 is 12.2 Å². The molecule has 13 heteroatoms. The summed E-state index contributed by atoms with van der Waals surface area (Å²) in [5.41, 5.74) is 3.10. The van der Waals surface area contributed by atoms with Crippen LogP contribution >= 0.6 is 31.9 Å². The monoisotopic (exact) mass is 781 g/mol. The molecule has 1 atom stereocenters.